The summed E-state index contributed by atoms with van der Waals surface area (Å²) in [6, 6.07) is 3.05. The molecule has 0 aliphatic carbocycles. The minimum Gasteiger partial charge on any atom is -0.493 e. The molecule has 1 aliphatic rings. The minimum absolute atomic E-state index is 0.0374. The molecule has 0 bridgehead atoms. The Balaban J connectivity index is 2.38. The average Bonchev–Trinajstić information content (AvgIpc) is 2.91. The summed E-state index contributed by atoms with van der Waals surface area (Å²) < 4.78 is 33.5. The van der Waals surface area contributed by atoms with Crippen LogP contribution in [0.3, 0.4) is 0 Å². The second-order valence-corrected chi connectivity index (χ2v) is 6.47. The van der Waals surface area contributed by atoms with Crippen LogP contribution in [0, 0.1) is 12.8 Å². The lowest BCUT2D eigenvalue weighted by molar-refractivity contribution is -0.119. The van der Waals surface area contributed by atoms with E-state index >= 15 is 0 Å². The van der Waals surface area contributed by atoms with Crippen molar-refractivity contribution in [3.63, 3.8) is 0 Å². The first-order valence-electron chi connectivity index (χ1n) is 6.43. The first kappa shape index (κ1) is 15.7. The maximum absolute atomic E-state index is 12.1. The molecular formula is C13H18N2O5S. The Bertz CT molecular complexity index is 651. The Morgan fingerprint density at radius 3 is 2.71 bits per heavy atom. The van der Waals surface area contributed by atoms with Crippen molar-refractivity contribution in [3.05, 3.63) is 17.7 Å². The molecule has 7 nitrogen and oxygen atoms in total. The van der Waals surface area contributed by atoms with Gasteiger partial charge in [0.05, 0.1) is 25.3 Å². The summed E-state index contributed by atoms with van der Waals surface area (Å²) in [5.74, 6) is -0.430. The highest BCUT2D eigenvalue weighted by Crippen LogP contribution is 2.33. The number of nitrogens with two attached hydrogens (primary N) is 1. The van der Waals surface area contributed by atoms with Crippen LogP contribution >= 0.6 is 0 Å². The Morgan fingerprint density at radius 2 is 2.19 bits per heavy atom. The second-order valence-electron chi connectivity index (χ2n) is 4.94. The number of rotatable bonds is 4. The molecule has 0 saturated carbocycles. The van der Waals surface area contributed by atoms with Crippen LogP contribution in [-0.4, -0.2) is 34.6 Å². The van der Waals surface area contributed by atoms with E-state index in [-0.39, 0.29) is 22.5 Å². The largest absolute Gasteiger partial charge is 0.493 e. The Kier molecular flexibility index (Phi) is 4.50. The molecule has 0 aromatic heterocycles. The lowest BCUT2D eigenvalue weighted by atomic mass is 10.1. The van der Waals surface area contributed by atoms with Crippen LogP contribution < -0.4 is 15.2 Å². The number of hydrogen-bond acceptors (Lipinski definition) is 5. The van der Waals surface area contributed by atoms with E-state index in [0.29, 0.717) is 30.9 Å². The third-order valence-corrected chi connectivity index (χ3v) is 4.18. The molecule has 1 unspecified atom stereocenters. The van der Waals surface area contributed by atoms with Crippen LogP contribution in [0.1, 0.15) is 12.0 Å². The number of hydrogen-bond donors (Lipinski definition) is 2. The number of nitrogens with one attached hydrogen (secondary N) is 1. The summed E-state index contributed by atoms with van der Waals surface area (Å²) in [5, 5.41) is 7.88. The maximum atomic E-state index is 12.1. The van der Waals surface area contributed by atoms with Crippen LogP contribution in [0.2, 0.25) is 0 Å². The molecule has 1 fully saturated rings. The lowest BCUT2D eigenvalue weighted by Crippen LogP contribution is -2.24. The quantitative estimate of drug-likeness (QED) is 0.847. The van der Waals surface area contributed by atoms with E-state index in [0.717, 1.165) is 0 Å². The van der Waals surface area contributed by atoms with E-state index in [1.807, 2.05) is 0 Å². The predicted molar refractivity (Wildman–Crippen MR) is 76.7 cm³/mol. The number of ether oxygens (including phenoxy) is 2. The summed E-state index contributed by atoms with van der Waals surface area (Å²) in [7, 11) is -2.62. The molecular weight excluding hydrogens is 296 g/mol. The second kappa shape index (κ2) is 6.00. The maximum Gasteiger partial charge on any atom is 0.241 e. The lowest BCUT2D eigenvalue weighted by Gasteiger charge is -2.16. The molecule has 8 heteroatoms. The third kappa shape index (κ3) is 3.52. The summed E-state index contributed by atoms with van der Waals surface area (Å²) >= 11 is 0. The fourth-order valence-electron chi connectivity index (χ4n) is 2.23. The molecule has 1 heterocycles. The highest BCUT2D eigenvalue weighted by molar-refractivity contribution is 7.89. The van der Waals surface area contributed by atoms with E-state index in [9.17, 15) is 13.2 Å². The van der Waals surface area contributed by atoms with Crippen molar-refractivity contribution in [2.24, 2.45) is 11.1 Å². The summed E-state index contributed by atoms with van der Waals surface area (Å²) in [4.78, 5) is 12.0. The first-order valence-corrected chi connectivity index (χ1v) is 7.97. The van der Waals surface area contributed by atoms with Gasteiger partial charge >= 0.3 is 0 Å². The topological polar surface area (TPSA) is 108 Å². The van der Waals surface area contributed by atoms with Gasteiger partial charge in [-0.15, -0.1) is 0 Å². The van der Waals surface area contributed by atoms with Gasteiger partial charge < -0.3 is 14.8 Å². The smallest absolute Gasteiger partial charge is 0.241 e. The molecule has 0 radical (unpaired) electrons. The van der Waals surface area contributed by atoms with E-state index in [1.54, 1.807) is 13.0 Å². The van der Waals surface area contributed by atoms with Gasteiger partial charge in [0.15, 0.2) is 5.75 Å². The number of primary sulfonamides is 1. The van der Waals surface area contributed by atoms with Crippen molar-refractivity contribution in [1.82, 2.24) is 0 Å². The zero-order valence-electron chi connectivity index (χ0n) is 11.9. The highest BCUT2D eigenvalue weighted by Gasteiger charge is 2.26. The number of anilines is 1. The normalized spacial score (nSPS) is 18.5. The van der Waals surface area contributed by atoms with Crippen molar-refractivity contribution >= 4 is 21.6 Å². The van der Waals surface area contributed by atoms with Crippen LogP contribution in [0.4, 0.5) is 5.69 Å². The number of sulfonamides is 1. The zero-order valence-corrected chi connectivity index (χ0v) is 12.7. The molecule has 0 spiro atoms. The number of carbonyl (C=O) groups is 1. The van der Waals surface area contributed by atoms with Crippen molar-refractivity contribution in [3.8, 4) is 5.75 Å². The first-order chi connectivity index (χ1) is 9.82. The number of benzene rings is 1. The Hall–Kier alpha value is -1.64. The molecule has 3 N–H and O–H groups in total. The van der Waals surface area contributed by atoms with Crippen molar-refractivity contribution in [2.75, 3.05) is 25.6 Å². The summed E-state index contributed by atoms with van der Waals surface area (Å²) in [6.45, 7) is 2.62. The number of amides is 1. The van der Waals surface area contributed by atoms with Gasteiger partial charge in [-0.05, 0) is 31.0 Å². The highest BCUT2D eigenvalue weighted by atomic mass is 32.2. The molecule has 21 heavy (non-hydrogen) atoms. The van der Waals surface area contributed by atoms with Crippen LogP contribution in [-0.2, 0) is 19.6 Å². The number of methoxy groups -OCH3 is 1. The fourth-order valence-corrected chi connectivity index (χ4v) is 3.03. The van der Waals surface area contributed by atoms with Gasteiger partial charge in [-0.3, -0.25) is 4.79 Å². The van der Waals surface area contributed by atoms with Gasteiger partial charge in [-0.25, -0.2) is 13.6 Å². The van der Waals surface area contributed by atoms with E-state index < -0.39 is 10.0 Å². The average molecular weight is 314 g/mol. The molecule has 1 atom stereocenters. The van der Waals surface area contributed by atoms with Crippen LogP contribution in [0.25, 0.3) is 0 Å². The summed E-state index contributed by atoms with van der Waals surface area (Å²) in [5.41, 5.74) is 0.941. The minimum atomic E-state index is -3.95. The van der Waals surface area contributed by atoms with Gasteiger partial charge in [-0.1, -0.05) is 0 Å². The monoisotopic (exact) mass is 314 g/mol. The van der Waals surface area contributed by atoms with Crippen molar-refractivity contribution in [2.45, 2.75) is 18.2 Å². The number of aryl methyl sites for hydroxylation is 1. The summed E-state index contributed by atoms with van der Waals surface area (Å²) in [6.07, 6.45) is 0.641. The molecule has 1 aromatic carbocycles. The van der Waals surface area contributed by atoms with E-state index in [1.165, 1.54) is 13.2 Å². The van der Waals surface area contributed by atoms with Crippen LogP contribution in [0.5, 0.6) is 5.75 Å². The third-order valence-electron chi connectivity index (χ3n) is 3.27. The molecule has 1 amide bonds. The molecule has 1 aliphatic heterocycles. The number of carbonyl (C=O) groups excluding carboxylic acids is 1. The Labute approximate surface area is 123 Å². The standard InChI is InChI=1S/C13H18N2O5S/c1-8-5-10(15-13(16)9-3-4-20-7-9)12(19-2)11(6-8)21(14,17)18/h5-6,9H,3-4,7H2,1-2H3,(H,15,16)(H2,14,17,18). The van der Waals surface area contributed by atoms with Gasteiger partial charge in [0.1, 0.15) is 4.90 Å². The van der Waals surface area contributed by atoms with Gasteiger partial charge in [0, 0.05) is 6.61 Å². The predicted octanol–water partition coefficient (Wildman–Crippen LogP) is 0.626. The van der Waals surface area contributed by atoms with Gasteiger partial charge in [0.2, 0.25) is 15.9 Å². The fraction of sp³-hybridized carbons (Fsp3) is 0.462. The van der Waals surface area contributed by atoms with Crippen LogP contribution in [0.15, 0.2) is 17.0 Å². The van der Waals surface area contributed by atoms with Gasteiger partial charge in [0.25, 0.3) is 0 Å². The molecule has 116 valence electrons. The zero-order chi connectivity index (χ0) is 15.6. The van der Waals surface area contributed by atoms with E-state index in [2.05, 4.69) is 5.32 Å². The molecule has 1 saturated heterocycles. The SMILES string of the molecule is COc1c(NC(=O)C2CCOC2)cc(C)cc1S(N)(=O)=O. The van der Waals surface area contributed by atoms with Crippen molar-refractivity contribution < 1.29 is 22.7 Å². The van der Waals surface area contributed by atoms with Gasteiger partial charge in [-0.2, -0.15) is 0 Å². The van der Waals surface area contributed by atoms with Crippen molar-refractivity contribution in [1.29, 1.82) is 0 Å². The molecule has 2 rings (SSSR count). The Morgan fingerprint density at radius 1 is 1.48 bits per heavy atom. The molecule has 1 aromatic rings. The van der Waals surface area contributed by atoms with E-state index in [4.69, 9.17) is 14.6 Å².